The van der Waals surface area contributed by atoms with Crippen LogP contribution in [0.4, 0.5) is 0 Å². The van der Waals surface area contributed by atoms with Crippen LogP contribution in [0.25, 0.3) is 0 Å². The first kappa shape index (κ1) is 22.9. The number of aryl methyl sites for hydroxylation is 1. The maximum absolute atomic E-state index is 12.6. The van der Waals surface area contributed by atoms with Crippen molar-refractivity contribution < 1.29 is 14.3 Å². The van der Waals surface area contributed by atoms with Gasteiger partial charge in [0.25, 0.3) is 0 Å². The quantitative estimate of drug-likeness (QED) is 0.619. The van der Waals surface area contributed by atoms with E-state index in [1.807, 2.05) is 47.4 Å². The van der Waals surface area contributed by atoms with Crippen molar-refractivity contribution in [3.8, 4) is 5.75 Å². The largest absolute Gasteiger partial charge is 0.497 e. The van der Waals surface area contributed by atoms with Gasteiger partial charge in [-0.15, -0.1) is 0 Å². The van der Waals surface area contributed by atoms with Crippen LogP contribution in [0.1, 0.15) is 49.7 Å². The number of nitrogens with one attached hydrogen (secondary N) is 1. The van der Waals surface area contributed by atoms with Gasteiger partial charge in [-0.05, 0) is 61.3 Å². The molecule has 2 aromatic rings. The molecular formula is C26H34N2O3. The molecule has 0 aromatic heterocycles. The number of nitrogens with zero attached hydrogens (tertiary/aromatic N) is 1. The molecule has 1 atom stereocenters. The number of hydrogen-bond acceptors (Lipinski definition) is 3. The standard InChI is InChI=1S/C26H34N2O3/c1-31-24-13-5-11-23(18-24)19-27-25(29)16-15-22-12-7-17-28(20-22)26(30)14-6-10-21-8-3-2-4-9-21/h2-5,8-9,11,13,18,22H,6-7,10,12,14-17,19-20H2,1H3,(H,27,29)/t22-/m0/s1. The molecule has 1 fully saturated rings. The fraction of sp³-hybridized carbons (Fsp3) is 0.462. The number of likely N-dealkylation sites (tertiary alicyclic amines) is 1. The molecule has 0 radical (unpaired) electrons. The topological polar surface area (TPSA) is 58.6 Å². The molecule has 3 rings (SSSR count). The zero-order valence-electron chi connectivity index (χ0n) is 18.5. The fourth-order valence-corrected chi connectivity index (χ4v) is 4.18. The van der Waals surface area contributed by atoms with Crippen molar-refractivity contribution in [1.82, 2.24) is 10.2 Å². The van der Waals surface area contributed by atoms with E-state index in [0.29, 0.717) is 25.3 Å². The molecule has 2 aromatic carbocycles. The van der Waals surface area contributed by atoms with E-state index in [2.05, 4.69) is 17.4 Å². The molecule has 5 heteroatoms. The Kier molecular flexibility index (Phi) is 8.95. The van der Waals surface area contributed by atoms with E-state index in [1.165, 1.54) is 5.56 Å². The van der Waals surface area contributed by atoms with E-state index in [4.69, 9.17) is 4.74 Å². The van der Waals surface area contributed by atoms with Crippen LogP contribution in [0, 0.1) is 5.92 Å². The summed E-state index contributed by atoms with van der Waals surface area (Å²) < 4.78 is 5.22. The van der Waals surface area contributed by atoms with Gasteiger partial charge in [-0.2, -0.15) is 0 Å². The van der Waals surface area contributed by atoms with E-state index in [9.17, 15) is 9.59 Å². The van der Waals surface area contributed by atoms with Crippen molar-refractivity contribution in [2.45, 2.75) is 51.5 Å². The highest BCUT2D eigenvalue weighted by Crippen LogP contribution is 2.22. The van der Waals surface area contributed by atoms with Gasteiger partial charge in [0.2, 0.25) is 11.8 Å². The molecule has 1 saturated heterocycles. The SMILES string of the molecule is COc1cccc(CNC(=O)CC[C@@H]2CCCN(C(=O)CCCc3ccccc3)C2)c1. The lowest BCUT2D eigenvalue weighted by Gasteiger charge is -2.33. The van der Waals surface area contributed by atoms with Crippen LogP contribution in [0.3, 0.4) is 0 Å². The zero-order chi connectivity index (χ0) is 21.9. The Balaban J connectivity index is 1.34. The highest BCUT2D eigenvalue weighted by molar-refractivity contribution is 5.76. The lowest BCUT2D eigenvalue weighted by atomic mass is 9.93. The molecule has 31 heavy (non-hydrogen) atoms. The summed E-state index contributed by atoms with van der Waals surface area (Å²) in [6.45, 7) is 2.14. The number of carbonyl (C=O) groups excluding carboxylic acids is 2. The molecule has 1 N–H and O–H groups in total. The molecule has 0 spiro atoms. The lowest BCUT2D eigenvalue weighted by molar-refractivity contribution is -0.133. The van der Waals surface area contributed by atoms with Crippen molar-refractivity contribution >= 4 is 11.8 Å². The van der Waals surface area contributed by atoms with Gasteiger partial charge in [-0.3, -0.25) is 9.59 Å². The monoisotopic (exact) mass is 422 g/mol. The molecule has 0 unspecified atom stereocenters. The number of methoxy groups -OCH3 is 1. The third-order valence-electron chi connectivity index (χ3n) is 5.97. The van der Waals surface area contributed by atoms with Crippen molar-refractivity contribution in [1.29, 1.82) is 0 Å². The number of ether oxygens (including phenoxy) is 1. The highest BCUT2D eigenvalue weighted by atomic mass is 16.5. The Hall–Kier alpha value is -2.82. The van der Waals surface area contributed by atoms with Crippen LogP contribution >= 0.6 is 0 Å². The number of rotatable bonds is 10. The molecule has 0 aliphatic carbocycles. The van der Waals surface area contributed by atoms with Crippen molar-refractivity contribution in [2.24, 2.45) is 5.92 Å². The Bertz CT molecular complexity index is 838. The van der Waals surface area contributed by atoms with Crippen LogP contribution in [0.5, 0.6) is 5.75 Å². The summed E-state index contributed by atoms with van der Waals surface area (Å²) in [6.07, 6.45) is 5.89. The van der Waals surface area contributed by atoms with Gasteiger partial charge in [-0.25, -0.2) is 0 Å². The van der Waals surface area contributed by atoms with E-state index < -0.39 is 0 Å². The number of hydrogen-bond donors (Lipinski definition) is 1. The molecule has 166 valence electrons. The summed E-state index contributed by atoms with van der Waals surface area (Å²) in [5.74, 6) is 1.52. The maximum atomic E-state index is 12.6. The van der Waals surface area contributed by atoms with E-state index in [0.717, 1.165) is 56.5 Å². The van der Waals surface area contributed by atoms with Crippen LogP contribution in [-0.4, -0.2) is 36.9 Å². The van der Waals surface area contributed by atoms with Gasteiger partial charge in [0, 0.05) is 32.5 Å². The molecule has 0 bridgehead atoms. The van der Waals surface area contributed by atoms with Crippen LogP contribution in [0.2, 0.25) is 0 Å². The first-order valence-corrected chi connectivity index (χ1v) is 11.4. The summed E-state index contributed by atoms with van der Waals surface area (Å²) in [7, 11) is 1.64. The van der Waals surface area contributed by atoms with Gasteiger partial charge in [0.1, 0.15) is 5.75 Å². The third kappa shape index (κ3) is 7.74. The Morgan fingerprint density at radius 3 is 2.68 bits per heavy atom. The molecule has 1 aliphatic rings. The van der Waals surface area contributed by atoms with E-state index >= 15 is 0 Å². The van der Waals surface area contributed by atoms with Crippen molar-refractivity contribution in [2.75, 3.05) is 20.2 Å². The fourth-order valence-electron chi connectivity index (χ4n) is 4.18. The zero-order valence-corrected chi connectivity index (χ0v) is 18.5. The van der Waals surface area contributed by atoms with Crippen LogP contribution in [0.15, 0.2) is 54.6 Å². The average molecular weight is 423 g/mol. The summed E-state index contributed by atoms with van der Waals surface area (Å²) in [5.41, 5.74) is 2.31. The third-order valence-corrected chi connectivity index (χ3v) is 5.97. The molecule has 1 heterocycles. The average Bonchev–Trinajstić information content (AvgIpc) is 2.82. The summed E-state index contributed by atoms with van der Waals surface area (Å²) >= 11 is 0. The number of amides is 2. The predicted octanol–water partition coefficient (Wildman–Crippen LogP) is 4.35. The number of carbonyl (C=O) groups is 2. The van der Waals surface area contributed by atoms with Crippen LogP contribution < -0.4 is 10.1 Å². The van der Waals surface area contributed by atoms with Crippen molar-refractivity contribution in [3.05, 3.63) is 65.7 Å². The highest BCUT2D eigenvalue weighted by Gasteiger charge is 2.23. The minimum atomic E-state index is 0.0640. The second-order valence-electron chi connectivity index (χ2n) is 8.35. The molecule has 2 amide bonds. The molecular weight excluding hydrogens is 388 g/mol. The number of benzene rings is 2. The summed E-state index contributed by atoms with van der Waals surface area (Å²) in [5, 5.41) is 2.99. The Morgan fingerprint density at radius 2 is 1.87 bits per heavy atom. The minimum absolute atomic E-state index is 0.0640. The van der Waals surface area contributed by atoms with Gasteiger partial charge >= 0.3 is 0 Å². The molecule has 0 saturated carbocycles. The van der Waals surface area contributed by atoms with Gasteiger partial charge < -0.3 is 15.0 Å². The van der Waals surface area contributed by atoms with Gasteiger partial charge in [0.15, 0.2) is 0 Å². The summed E-state index contributed by atoms with van der Waals surface area (Å²) in [4.78, 5) is 26.9. The minimum Gasteiger partial charge on any atom is -0.497 e. The van der Waals surface area contributed by atoms with E-state index in [1.54, 1.807) is 7.11 Å². The smallest absolute Gasteiger partial charge is 0.222 e. The number of piperidine rings is 1. The maximum Gasteiger partial charge on any atom is 0.222 e. The summed E-state index contributed by atoms with van der Waals surface area (Å²) in [6, 6.07) is 18.0. The normalized spacial score (nSPS) is 16.0. The van der Waals surface area contributed by atoms with Crippen LogP contribution in [-0.2, 0) is 22.6 Å². The Labute approximate surface area is 185 Å². The molecule has 5 nitrogen and oxygen atoms in total. The van der Waals surface area contributed by atoms with E-state index in [-0.39, 0.29) is 11.8 Å². The first-order valence-electron chi connectivity index (χ1n) is 11.4. The van der Waals surface area contributed by atoms with Crippen molar-refractivity contribution in [3.63, 3.8) is 0 Å². The second-order valence-corrected chi connectivity index (χ2v) is 8.35. The predicted molar refractivity (Wildman–Crippen MR) is 123 cm³/mol. The second kappa shape index (κ2) is 12.1. The van der Waals surface area contributed by atoms with Gasteiger partial charge in [0.05, 0.1) is 7.11 Å². The van der Waals surface area contributed by atoms with Gasteiger partial charge in [-0.1, -0.05) is 42.5 Å². The molecule has 1 aliphatic heterocycles. The Morgan fingerprint density at radius 1 is 1.06 bits per heavy atom. The lowest BCUT2D eigenvalue weighted by Crippen LogP contribution is -2.40. The first-order chi connectivity index (χ1) is 15.1.